The van der Waals surface area contributed by atoms with Crippen LogP contribution in [0.5, 0.6) is 11.5 Å². The largest absolute Gasteiger partial charge is 0.593 e. The van der Waals surface area contributed by atoms with Crippen LogP contribution >= 0.6 is 0 Å². The molecule has 35 heavy (non-hydrogen) atoms. The molecule has 10 nitrogen and oxygen atoms in total. The maximum Gasteiger partial charge on any atom is 0.239 e. The van der Waals surface area contributed by atoms with Crippen LogP contribution in [0.2, 0.25) is 0 Å². The van der Waals surface area contributed by atoms with E-state index in [4.69, 9.17) is 11.5 Å². The van der Waals surface area contributed by atoms with E-state index in [1.54, 1.807) is 9.21 Å². The lowest BCUT2D eigenvalue weighted by molar-refractivity contribution is -0.133. The number of benzene rings is 2. The summed E-state index contributed by atoms with van der Waals surface area (Å²) in [6.45, 7) is 2.16. The normalized spacial score (nSPS) is 18.2. The number of anilines is 1. The van der Waals surface area contributed by atoms with Crippen molar-refractivity contribution in [2.24, 2.45) is 11.5 Å². The molecule has 2 amide bonds. The molecule has 0 radical (unpaired) electrons. The monoisotopic (exact) mass is 501 g/mol. The second kappa shape index (κ2) is 10.7. The number of hydrogen-bond acceptors (Lipinski definition) is 8. The summed E-state index contributed by atoms with van der Waals surface area (Å²) < 4.78 is 14.7. The fourth-order valence-electron chi connectivity index (χ4n) is 4.50. The van der Waals surface area contributed by atoms with Crippen LogP contribution in [-0.2, 0) is 34.0 Å². The molecular weight excluding hydrogens is 470 g/mol. The molecule has 2 aliphatic rings. The molecule has 2 heterocycles. The number of nitrogens with zero attached hydrogens (tertiary/aromatic N) is 2. The molecule has 11 heteroatoms. The maximum atomic E-state index is 13.0. The minimum atomic E-state index is -1.56. The third-order valence-electron chi connectivity index (χ3n) is 6.46. The smallest absolute Gasteiger partial charge is 0.239 e. The van der Waals surface area contributed by atoms with Crippen molar-refractivity contribution >= 4 is 28.9 Å². The van der Waals surface area contributed by atoms with Gasteiger partial charge in [0.25, 0.3) is 0 Å². The van der Waals surface area contributed by atoms with E-state index in [9.17, 15) is 24.4 Å². The third-order valence-corrected chi connectivity index (χ3v) is 7.91. The highest BCUT2D eigenvalue weighted by atomic mass is 32.2. The van der Waals surface area contributed by atoms with Gasteiger partial charge in [-0.3, -0.25) is 9.59 Å². The van der Waals surface area contributed by atoms with Crippen molar-refractivity contribution in [3.8, 4) is 11.5 Å². The van der Waals surface area contributed by atoms with Crippen molar-refractivity contribution < 1.29 is 24.4 Å². The van der Waals surface area contributed by atoms with E-state index < -0.39 is 23.3 Å². The number of piperidine rings is 1. The minimum Gasteiger partial charge on any atom is -0.593 e. The van der Waals surface area contributed by atoms with Crippen molar-refractivity contribution in [3.63, 3.8) is 0 Å². The second-order valence-electron chi connectivity index (χ2n) is 9.04. The molecule has 0 aromatic heterocycles. The highest BCUT2D eigenvalue weighted by Gasteiger charge is 2.32. The number of hydrogen-bond donors (Lipinski definition) is 5. The summed E-state index contributed by atoms with van der Waals surface area (Å²) in [5.41, 5.74) is 14.2. The van der Waals surface area contributed by atoms with Gasteiger partial charge in [0.05, 0.1) is 30.5 Å². The van der Waals surface area contributed by atoms with Gasteiger partial charge < -0.3 is 36.4 Å². The lowest BCUT2D eigenvalue weighted by Crippen LogP contribution is -2.49. The van der Waals surface area contributed by atoms with Gasteiger partial charge in [0.2, 0.25) is 16.7 Å². The highest BCUT2D eigenvalue weighted by molar-refractivity contribution is 7.89. The third kappa shape index (κ3) is 5.99. The molecule has 1 fully saturated rings. The molecule has 0 aliphatic carbocycles. The number of rotatable bonds is 8. The standard InChI is InChI=1S/C24H31N5O5S/c25-20(4-6-23(26)32)24(33)28-9-7-17(8-10-28)27-18-2-1-15-13-29(14-16(15)11-18)35(34)22-5-3-19(30)12-21(22)31/h1-3,5,11-12,17,20,27,30-31H,4,6-10,13-14,25H2,(H2,26,32)/t20-,35?/m0/s1. The zero-order valence-electron chi connectivity index (χ0n) is 19.4. The first-order valence-corrected chi connectivity index (χ1v) is 12.7. The van der Waals surface area contributed by atoms with Gasteiger partial charge in [0.1, 0.15) is 5.75 Å². The molecule has 4 rings (SSSR count). The lowest BCUT2D eigenvalue weighted by atomic mass is 10.0. The van der Waals surface area contributed by atoms with Crippen LogP contribution in [-0.4, -0.2) is 61.0 Å². The molecule has 7 N–H and O–H groups in total. The predicted octanol–water partition coefficient (Wildman–Crippen LogP) is 1.13. The van der Waals surface area contributed by atoms with Crippen LogP contribution in [0.4, 0.5) is 5.69 Å². The van der Waals surface area contributed by atoms with Crippen LogP contribution in [0.3, 0.4) is 0 Å². The van der Waals surface area contributed by atoms with Gasteiger partial charge >= 0.3 is 0 Å². The number of phenols is 2. The van der Waals surface area contributed by atoms with E-state index in [0.717, 1.165) is 29.7 Å². The molecule has 2 atom stereocenters. The first kappa shape index (κ1) is 25.1. The Labute approximate surface area is 207 Å². The fourth-order valence-corrected chi connectivity index (χ4v) is 5.71. The molecule has 2 aromatic rings. The molecule has 188 valence electrons. The number of fused-ring (bicyclic) bond motifs is 1. The summed E-state index contributed by atoms with van der Waals surface area (Å²) in [7, 11) is 0. The topological polar surface area (TPSA) is 168 Å². The summed E-state index contributed by atoms with van der Waals surface area (Å²) in [5.74, 6) is -0.876. The van der Waals surface area contributed by atoms with Crippen LogP contribution < -0.4 is 16.8 Å². The van der Waals surface area contributed by atoms with Gasteiger partial charge in [-0.25, -0.2) is 0 Å². The van der Waals surface area contributed by atoms with E-state index in [0.29, 0.717) is 26.2 Å². The Hall–Kier alpha value is -2.99. The van der Waals surface area contributed by atoms with Crippen molar-refractivity contribution in [3.05, 3.63) is 47.5 Å². The summed E-state index contributed by atoms with van der Waals surface area (Å²) in [5, 5.41) is 23.1. The summed E-state index contributed by atoms with van der Waals surface area (Å²) >= 11 is -1.56. The van der Waals surface area contributed by atoms with Crippen LogP contribution in [0.1, 0.15) is 36.8 Å². The number of aromatic hydroxyl groups is 2. The molecule has 0 saturated carbocycles. The van der Waals surface area contributed by atoms with Crippen LogP contribution in [0, 0.1) is 0 Å². The van der Waals surface area contributed by atoms with E-state index >= 15 is 0 Å². The summed E-state index contributed by atoms with van der Waals surface area (Å²) in [4.78, 5) is 25.4. The van der Waals surface area contributed by atoms with E-state index in [1.807, 2.05) is 12.1 Å². The van der Waals surface area contributed by atoms with E-state index in [1.165, 1.54) is 18.2 Å². The number of amides is 2. The number of carbonyl (C=O) groups is 2. The first-order valence-electron chi connectivity index (χ1n) is 11.6. The van der Waals surface area contributed by atoms with Crippen molar-refractivity contribution in [1.82, 2.24) is 9.21 Å². The SMILES string of the molecule is NC(=O)CC[C@H](N)C(=O)N1CCC(Nc2ccc3c(c2)CN([S+]([O-])c2ccc(O)cc2O)C3)CC1. The summed E-state index contributed by atoms with van der Waals surface area (Å²) in [6, 6.07) is 9.64. The molecule has 1 unspecified atom stereocenters. The second-order valence-corrected chi connectivity index (χ2v) is 10.5. The Morgan fingerprint density at radius 3 is 2.51 bits per heavy atom. The van der Waals surface area contributed by atoms with Crippen LogP contribution in [0.15, 0.2) is 41.3 Å². The predicted molar refractivity (Wildman–Crippen MR) is 131 cm³/mol. The maximum absolute atomic E-state index is 13.0. The number of nitrogens with two attached hydrogens (primary N) is 2. The Morgan fingerprint density at radius 1 is 1.11 bits per heavy atom. The van der Waals surface area contributed by atoms with Gasteiger partial charge in [-0.1, -0.05) is 6.07 Å². The van der Waals surface area contributed by atoms with Gasteiger partial charge in [0, 0.05) is 43.4 Å². The number of nitrogens with one attached hydrogen (secondary N) is 1. The number of primary amides is 1. The first-order chi connectivity index (χ1) is 16.7. The number of carbonyl (C=O) groups excluding carboxylic acids is 2. The van der Waals surface area contributed by atoms with Crippen molar-refractivity contribution in [2.45, 2.75) is 55.8 Å². The minimum absolute atomic E-state index is 0.0789. The highest BCUT2D eigenvalue weighted by Crippen LogP contribution is 2.35. The van der Waals surface area contributed by atoms with E-state index in [-0.39, 0.29) is 41.2 Å². The van der Waals surface area contributed by atoms with Gasteiger partial charge in [-0.05, 0) is 48.6 Å². The molecule has 2 aromatic carbocycles. The number of phenolic OH excluding ortho intramolecular Hbond substituents is 2. The zero-order chi connectivity index (χ0) is 25.1. The van der Waals surface area contributed by atoms with Gasteiger partial charge in [0.15, 0.2) is 5.75 Å². The molecule has 0 bridgehead atoms. The van der Waals surface area contributed by atoms with Gasteiger partial charge in [-0.2, -0.15) is 0 Å². The molecule has 2 aliphatic heterocycles. The van der Waals surface area contributed by atoms with Gasteiger partial charge in [-0.15, -0.1) is 4.31 Å². The summed E-state index contributed by atoms with van der Waals surface area (Å²) in [6.07, 6.45) is 1.92. The molecule has 1 saturated heterocycles. The Balaban J connectivity index is 1.30. The Bertz CT molecular complexity index is 1090. The Kier molecular flexibility index (Phi) is 7.70. The number of likely N-dealkylation sites (tertiary alicyclic amines) is 1. The fraction of sp³-hybridized carbons (Fsp3) is 0.417. The van der Waals surface area contributed by atoms with E-state index in [2.05, 4.69) is 11.4 Å². The Morgan fingerprint density at radius 2 is 1.83 bits per heavy atom. The quantitative estimate of drug-likeness (QED) is 0.335. The average molecular weight is 502 g/mol. The molecular formula is C24H31N5O5S. The lowest BCUT2D eigenvalue weighted by Gasteiger charge is -2.34. The van der Waals surface area contributed by atoms with Crippen LogP contribution in [0.25, 0.3) is 0 Å². The average Bonchev–Trinajstić information content (AvgIpc) is 3.25. The van der Waals surface area contributed by atoms with Crippen molar-refractivity contribution in [2.75, 3.05) is 18.4 Å². The van der Waals surface area contributed by atoms with Crippen molar-refractivity contribution in [1.29, 1.82) is 0 Å². The molecule has 0 spiro atoms. The zero-order valence-corrected chi connectivity index (χ0v) is 20.2.